The van der Waals surface area contributed by atoms with E-state index >= 15 is 0 Å². The summed E-state index contributed by atoms with van der Waals surface area (Å²) in [5, 5.41) is 0. The van der Waals surface area contributed by atoms with Gasteiger partial charge in [-0.15, -0.1) is 0 Å². The molecule has 0 radical (unpaired) electrons. The summed E-state index contributed by atoms with van der Waals surface area (Å²) in [6, 6.07) is 23.8. The number of carbonyl (C=O) groups is 1. The quantitative estimate of drug-likeness (QED) is 0.366. The van der Waals surface area contributed by atoms with Crippen LogP contribution in [0.5, 0.6) is 0 Å². The lowest BCUT2D eigenvalue weighted by atomic mass is 10.1. The van der Waals surface area contributed by atoms with Crippen LogP contribution in [0.2, 0.25) is 0 Å². The Kier molecular flexibility index (Phi) is 4.54. The molecule has 0 saturated heterocycles. The molecule has 0 aliphatic rings. The molecule has 0 fully saturated rings. The number of hydrogen-bond acceptors (Lipinski definition) is 4. The van der Waals surface area contributed by atoms with Gasteiger partial charge >= 0.3 is 5.97 Å². The maximum absolute atomic E-state index is 11.3. The lowest BCUT2D eigenvalue weighted by Crippen LogP contribution is -1.93. The van der Waals surface area contributed by atoms with Gasteiger partial charge in [-0.05, 0) is 47.0 Å². The van der Waals surface area contributed by atoms with Gasteiger partial charge in [0.15, 0.2) is 5.58 Å². The first-order valence-corrected chi connectivity index (χ1v) is 8.55. The zero-order valence-electron chi connectivity index (χ0n) is 14.8. The van der Waals surface area contributed by atoms with E-state index in [9.17, 15) is 4.79 Å². The average Bonchev–Trinajstić information content (AvgIpc) is 3.16. The number of aromatic nitrogens is 1. The summed E-state index contributed by atoms with van der Waals surface area (Å²) in [7, 11) is 1.35. The summed E-state index contributed by atoms with van der Waals surface area (Å²) in [4.78, 5) is 15.9. The Bertz CT molecular complexity index is 1130. The van der Waals surface area contributed by atoms with Gasteiger partial charge in [-0.3, -0.25) is 0 Å². The Morgan fingerprint density at radius 3 is 2.56 bits per heavy atom. The van der Waals surface area contributed by atoms with E-state index in [1.807, 2.05) is 60.7 Å². The highest BCUT2D eigenvalue weighted by Crippen LogP contribution is 2.28. The van der Waals surface area contributed by atoms with Gasteiger partial charge < -0.3 is 9.15 Å². The van der Waals surface area contributed by atoms with Crippen molar-refractivity contribution in [3.05, 3.63) is 84.4 Å². The Morgan fingerprint density at radius 1 is 0.926 bits per heavy atom. The predicted molar refractivity (Wildman–Crippen MR) is 106 cm³/mol. The van der Waals surface area contributed by atoms with Crippen molar-refractivity contribution >= 4 is 23.1 Å². The molecule has 0 atom stereocenters. The van der Waals surface area contributed by atoms with Crippen molar-refractivity contribution in [2.24, 2.45) is 0 Å². The molecule has 1 heterocycles. The third-order valence-corrected chi connectivity index (χ3v) is 4.24. The number of carbonyl (C=O) groups excluding carboxylic acids is 1. The fourth-order valence-corrected chi connectivity index (χ4v) is 2.87. The van der Waals surface area contributed by atoms with Crippen molar-refractivity contribution in [1.82, 2.24) is 4.98 Å². The van der Waals surface area contributed by atoms with Crippen LogP contribution >= 0.6 is 0 Å². The van der Waals surface area contributed by atoms with E-state index in [1.54, 1.807) is 6.08 Å². The zero-order valence-corrected chi connectivity index (χ0v) is 14.8. The van der Waals surface area contributed by atoms with Crippen LogP contribution < -0.4 is 0 Å². The van der Waals surface area contributed by atoms with Gasteiger partial charge in [0.05, 0.1) is 7.11 Å². The highest BCUT2D eigenvalue weighted by atomic mass is 16.5. The lowest BCUT2D eigenvalue weighted by molar-refractivity contribution is -0.134. The van der Waals surface area contributed by atoms with Gasteiger partial charge in [0.25, 0.3) is 0 Å². The zero-order chi connectivity index (χ0) is 18.6. The molecule has 0 amide bonds. The largest absolute Gasteiger partial charge is 0.466 e. The molecule has 3 aromatic carbocycles. The Morgan fingerprint density at radius 2 is 1.74 bits per heavy atom. The van der Waals surface area contributed by atoms with Gasteiger partial charge in [0.1, 0.15) is 5.52 Å². The second-order valence-electron chi connectivity index (χ2n) is 6.05. The molecule has 0 aliphatic heterocycles. The van der Waals surface area contributed by atoms with Crippen LogP contribution in [0.3, 0.4) is 0 Å². The minimum absolute atomic E-state index is 0.393. The van der Waals surface area contributed by atoms with Crippen molar-refractivity contribution in [3.63, 3.8) is 0 Å². The number of fused-ring (bicyclic) bond motifs is 1. The van der Waals surface area contributed by atoms with E-state index in [1.165, 1.54) is 13.2 Å². The third-order valence-electron chi connectivity index (χ3n) is 4.24. The summed E-state index contributed by atoms with van der Waals surface area (Å²) in [5.74, 6) is 0.152. The number of benzene rings is 3. The number of oxazole rings is 1. The monoisotopic (exact) mass is 355 g/mol. The fourth-order valence-electron chi connectivity index (χ4n) is 2.87. The van der Waals surface area contributed by atoms with E-state index < -0.39 is 5.97 Å². The topological polar surface area (TPSA) is 52.3 Å². The first-order valence-electron chi connectivity index (χ1n) is 8.55. The summed E-state index contributed by atoms with van der Waals surface area (Å²) < 4.78 is 10.5. The normalized spacial score (nSPS) is 11.1. The van der Waals surface area contributed by atoms with E-state index in [0.29, 0.717) is 5.89 Å². The van der Waals surface area contributed by atoms with Crippen LogP contribution in [-0.4, -0.2) is 18.1 Å². The maximum atomic E-state index is 11.3. The fraction of sp³-hybridized carbons (Fsp3) is 0.0435. The smallest absolute Gasteiger partial charge is 0.330 e. The van der Waals surface area contributed by atoms with Crippen molar-refractivity contribution in [3.8, 4) is 22.6 Å². The first kappa shape index (κ1) is 16.8. The molecule has 4 aromatic rings. The van der Waals surface area contributed by atoms with Gasteiger partial charge in [0.2, 0.25) is 5.89 Å². The molecule has 0 saturated carbocycles. The second-order valence-corrected chi connectivity index (χ2v) is 6.05. The first-order chi connectivity index (χ1) is 13.2. The number of nitrogens with zero attached hydrogens (tertiary/aromatic N) is 1. The average molecular weight is 355 g/mol. The summed E-state index contributed by atoms with van der Waals surface area (Å²) in [6.45, 7) is 0. The van der Waals surface area contributed by atoms with Crippen LogP contribution in [0.15, 0.2) is 83.3 Å². The number of hydrogen-bond donors (Lipinski definition) is 0. The van der Waals surface area contributed by atoms with Gasteiger partial charge in [-0.1, -0.05) is 48.5 Å². The Hall–Kier alpha value is -3.66. The molecule has 0 unspecified atom stereocenters. The van der Waals surface area contributed by atoms with Crippen molar-refractivity contribution in [2.45, 2.75) is 0 Å². The molecular weight excluding hydrogens is 338 g/mol. The number of ether oxygens (including phenoxy) is 1. The van der Waals surface area contributed by atoms with Gasteiger partial charge in [-0.2, -0.15) is 0 Å². The maximum Gasteiger partial charge on any atom is 0.330 e. The van der Waals surface area contributed by atoms with Crippen LogP contribution in [-0.2, 0) is 9.53 Å². The number of rotatable bonds is 4. The lowest BCUT2D eigenvalue weighted by Gasteiger charge is -1.99. The van der Waals surface area contributed by atoms with E-state index in [-0.39, 0.29) is 0 Å². The molecule has 4 rings (SSSR count). The molecule has 1 aromatic heterocycles. The number of esters is 1. The minimum Gasteiger partial charge on any atom is -0.466 e. The highest BCUT2D eigenvalue weighted by Gasteiger charge is 2.10. The molecule has 132 valence electrons. The molecule has 0 bridgehead atoms. The third kappa shape index (κ3) is 3.65. The minimum atomic E-state index is -0.393. The highest BCUT2D eigenvalue weighted by molar-refractivity contribution is 5.87. The van der Waals surface area contributed by atoms with Crippen LogP contribution in [0, 0.1) is 0 Å². The van der Waals surface area contributed by atoms with Crippen LogP contribution in [0.25, 0.3) is 39.8 Å². The SMILES string of the molecule is COC(=O)/C=C/c1cccc(-c2nc3cc(-c4ccccc4)ccc3o2)c1. The summed E-state index contributed by atoms with van der Waals surface area (Å²) in [6.07, 6.45) is 3.09. The van der Waals surface area contributed by atoms with Crippen LogP contribution in [0.1, 0.15) is 5.56 Å². The molecule has 0 spiro atoms. The van der Waals surface area contributed by atoms with E-state index in [4.69, 9.17) is 4.42 Å². The molecule has 4 nitrogen and oxygen atoms in total. The Balaban J connectivity index is 1.68. The molecule has 27 heavy (non-hydrogen) atoms. The van der Waals surface area contributed by atoms with Gasteiger partial charge in [-0.25, -0.2) is 9.78 Å². The van der Waals surface area contributed by atoms with Crippen molar-refractivity contribution in [2.75, 3.05) is 7.11 Å². The Labute approximate surface area is 156 Å². The number of methoxy groups -OCH3 is 1. The van der Waals surface area contributed by atoms with E-state index in [0.717, 1.165) is 33.4 Å². The second kappa shape index (κ2) is 7.30. The van der Waals surface area contributed by atoms with Gasteiger partial charge in [0, 0.05) is 11.6 Å². The van der Waals surface area contributed by atoms with Crippen LogP contribution in [0.4, 0.5) is 0 Å². The summed E-state index contributed by atoms with van der Waals surface area (Å²) >= 11 is 0. The molecule has 4 heteroatoms. The standard InChI is InChI=1S/C23H17NO3/c1-26-22(25)13-10-16-6-5-9-19(14-16)23-24-20-15-18(11-12-21(20)27-23)17-7-3-2-4-8-17/h2-15H,1H3/b13-10+. The van der Waals surface area contributed by atoms with Crippen molar-refractivity contribution in [1.29, 1.82) is 0 Å². The molecule has 0 aliphatic carbocycles. The van der Waals surface area contributed by atoms with Crippen molar-refractivity contribution < 1.29 is 13.9 Å². The van der Waals surface area contributed by atoms with E-state index in [2.05, 4.69) is 21.9 Å². The summed E-state index contributed by atoms with van der Waals surface area (Å²) in [5.41, 5.74) is 5.49. The molecular formula is C23H17NO3. The molecule has 0 N–H and O–H groups in total. The predicted octanol–water partition coefficient (Wildman–Crippen LogP) is 5.35.